The highest BCUT2D eigenvalue weighted by Gasteiger charge is 2.30. The van der Waals surface area contributed by atoms with Crippen molar-refractivity contribution in [1.82, 2.24) is 4.98 Å². The van der Waals surface area contributed by atoms with Crippen LogP contribution in [0.2, 0.25) is 0 Å². The van der Waals surface area contributed by atoms with Gasteiger partial charge in [-0.3, -0.25) is 4.98 Å². The summed E-state index contributed by atoms with van der Waals surface area (Å²) in [7, 11) is 0. The second-order valence-electron chi connectivity index (χ2n) is 5.19. The first kappa shape index (κ1) is 12.1. The van der Waals surface area contributed by atoms with Gasteiger partial charge in [-0.2, -0.15) is 0 Å². The highest BCUT2D eigenvalue weighted by molar-refractivity contribution is 9.10. The second-order valence-corrected chi connectivity index (χ2v) is 6.11. The summed E-state index contributed by atoms with van der Waals surface area (Å²) >= 11 is 3.40. The molecule has 1 aromatic rings. The molecule has 0 bridgehead atoms. The van der Waals surface area contributed by atoms with Crippen LogP contribution < -0.4 is 5.73 Å². The van der Waals surface area contributed by atoms with Crippen LogP contribution in [0.5, 0.6) is 0 Å². The Morgan fingerprint density at radius 1 is 1.44 bits per heavy atom. The third kappa shape index (κ3) is 3.05. The topological polar surface area (TPSA) is 38.9 Å². The first-order valence-corrected chi connectivity index (χ1v) is 6.76. The molecule has 0 atom stereocenters. The normalized spacial score (nSPS) is 30.3. The minimum absolute atomic E-state index is 0.0205. The summed E-state index contributed by atoms with van der Waals surface area (Å²) in [5.41, 5.74) is 7.53. The molecule has 1 saturated carbocycles. The minimum Gasteiger partial charge on any atom is -0.325 e. The van der Waals surface area contributed by atoms with E-state index in [-0.39, 0.29) is 5.54 Å². The zero-order valence-electron chi connectivity index (χ0n) is 9.75. The Balaban J connectivity index is 2.00. The van der Waals surface area contributed by atoms with Crippen molar-refractivity contribution < 1.29 is 0 Å². The first-order valence-electron chi connectivity index (χ1n) is 5.97. The Hall–Kier alpha value is -0.410. The largest absolute Gasteiger partial charge is 0.325 e. The Morgan fingerprint density at radius 3 is 2.69 bits per heavy atom. The van der Waals surface area contributed by atoms with E-state index in [1.807, 2.05) is 12.3 Å². The fourth-order valence-electron chi connectivity index (χ4n) is 2.39. The van der Waals surface area contributed by atoms with E-state index < -0.39 is 0 Å². The molecule has 1 fully saturated rings. The van der Waals surface area contributed by atoms with Gasteiger partial charge in [0.1, 0.15) is 0 Å². The molecule has 3 heteroatoms. The summed E-state index contributed by atoms with van der Waals surface area (Å²) in [4.78, 5) is 4.41. The van der Waals surface area contributed by atoms with Crippen molar-refractivity contribution in [2.45, 2.75) is 44.6 Å². The first-order chi connectivity index (χ1) is 7.57. The van der Waals surface area contributed by atoms with Gasteiger partial charge in [0.05, 0.1) is 0 Å². The Bertz CT molecular complexity index is 339. The molecule has 1 aromatic heterocycles. The van der Waals surface area contributed by atoms with Gasteiger partial charge in [0.2, 0.25) is 0 Å². The van der Waals surface area contributed by atoms with Gasteiger partial charge in [-0.05, 0) is 59.7 Å². The van der Waals surface area contributed by atoms with Gasteiger partial charge in [-0.25, -0.2) is 0 Å². The molecule has 16 heavy (non-hydrogen) atoms. The number of hydrogen-bond acceptors (Lipinski definition) is 2. The summed E-state index contributed by atoms with van der Waals surface area (Å²) < 4.78 is 1.03. The quantitative estimate of drug-likeness (QED) is 0.904. The SMILES string of the molecule is CC1CCC(N)(Cc2ccc(Br)cn2)CC1. The highest BCUT2D eigenvalue weighted by Crippen LogP contribution is 2.32. The molecule has 1 aliphatic rings. The molecule has 88 valence electrons. The molecular weight excluding hydrogens is 264 g/mol. The van der Waals surface area contributed by atoms with Gasteiger partial charge in [0.25, 0.3) is 0 Å². The van der Waals surface area contributed by atoms with Gasteiger partial charge in [-0.1, -0.05) is 6.92 Å². The fourth-order valence-corrected chi connectivity index (χ4v) is 2.62. The molecule has 2 rings (SSSR count). The van der Waals surface area contributed by atoms with Crippen LogP contribution in [0.25, 0.3) is 0 Å². The van der Waals surface area contributed by atoms with E-state index in [0.29, 0.717) is 0 Å². The van der Waals surface area contributed by atoms with E-state index in [0.717, 1.165) is 35.3 Å². The predicted molar refractivity (Wildman–Crippen MR) is 70.2 cm³/mol. The molecule has 0 aliphatic heterocycles. The van der Waals surface area contributed by atoms with Crippen molar-refractivity contribution in [2.24, 2.45) is 11.7 Å². The molecule has 2 N–H and O–H groups in total. The zero-order chi connectivity index (χ0) is 11.6. The number of rotatable bonds is 2. The van der Waals surface area contributed by atoms with Crippen LogP contribution in [0.4, 0.5) is 0 Å². The van der Waals surface area contributed by atoms with Crippen LogP contribution in [0.15, 0.2) is 22.8 Å². The number of aromatic nitrogens is 1. The monoisotopic (exact) mass is 282 g/mol. The fraction of sp³-hybridized carbons (Fsp3) is 0.615. The van der Waals surface area contributed by atoms with Crippen LogP contribution in [0, 0.1) is 5.92 Å². The highest BCUT2D eigenvalue weighted by atomic mass is 79.9. The average Bonchev–Trinajstić information content (AvgIpc) is 2.27. The van der Waals surface area contributed by atoms with Crippen molar-refractivity contribution in [2.75, 3.05) is 0 Å². The lowest BCUT2D eigenvalue weighted by Gasteiger charge is -2.36. The van der Waals surface area contributed by atoms with E-state index in [1.165, 1.54) is 12.8 Å². The lowest BCUT2D eigenvalue weighted by molar-refractivity contribution is 0.242. The molecule has 0 unspecified atom stereocenters. The Morgan fingerprint density at radius 2 is 2.12 bits per heavy atom. The molecule has 0 radical (unpaired) electrons. The number of hydrogen-bond donors (Lipinski definition) is 1. The van der Waals surface area contributed by atoms with Gasteiger partial charge in [-0.15, -0.1) is 0 Å². The molecule has 0 aromatic carbocycles. The van der Waals surface area contributed by atoms with E-state index in [1.54, 1.807) is 0 Å². The maximum atomic E-state index is 6.44. The lowest BCUT2D eigenvalue weighted by Crippen LogP contribution is -2.45. The molecular formula is C13H19BrN2. The van der Waals surface area contributed by atoms with Crippen molar-refractivity contribution in [1.29, 1.82) is 0 Å². The molecule has 1 aliphatic carbocycles. The predicted octanol–water partition coefficient (Wildman–Crippen LogP) is 3.29. The van der Waals surface area contributed by atoms with Gasteiger partial charge in [0, 0.05) is 28.3 Å². The number of nitrogens with two attached hydrogens (primary N) is 1. The summed E-state index contributed by atoms with van der Waals surface area (Å²) in [6, 6.07) is 4.11. The smallest absolute Gasteiger partial charge is 0.0422 e. The third-order valence-corrected chi connectivity index (χ3v) is 4.06. The van der Waals surface area contributed by atoms with Gasteiger partial charge < -0.3 is 5.73 Å². The van der Waals surface area contributed by atoms with Gasteiger partial charge in [0.15, 0.2) is 0 Å². The van der Waals surface area contributed by atoms with Crippen molar-refractivity contribution >= 4 is 15.9 Å². The summed E-state index contributed by atoms with van der Waals surface area (Å²) in [5.74, 6) is 0.842. The van der Waals surface area contributed by atoms with Crippen LogP contribution in [-0.4, -0.2) is 10.5 Å². The summed E-state index contributed by atoms with van der Waals surface area (Å²) in [6.07, 6.45) is 7.54. The van der Waals surface area contributed by atoms with E-state index in [9.17, 15) is 0 Å². The zero-order valence-corrected chi connectivity index (χ0v) is 11.3. The average molecular weight is 283 g/mol. The molecule has 0 amide bonds. The number of pyridine rings is 1. The van der Waals surface area contributed by atoms with E-state index in [2.05, 4.69) is 33.9 Å². The maximum absolute atomic E-state index is 6.44. The summed E-state index contributed by atoms with van der Waals surface area (Å²) in [5, 5.41) is 0. The van der Waals surface area contributed by atoms with Gasteiger partial charge >= 0.3 is 0 Å². The standard InChI is InChI=1S/C13H19BrN2/c1-10-4-6-13(15,7-5-10)8-12-3-2-11(14)9-16-12/h2-3,9-10H,4-8,15H2,1H3. The van der Waals surface area contributed by atoms with Crippen molar-refractivity contribution in [3.8, 4) is 0 Å². The Kier molecular flexibility index (Phi) is 3.65. The minimum atomic E-state index is -0.0205. The van der Waals surface area contributed by atoms with Crippen LogP contribution in [0.1, 0.15) is 38.3 Å². The van der Waals surface area contributed by atoms with E-state index in [4.69, 9.17) is 5.73 Å². The lowest BCUT2D eigenvalue weighted by atomic mass is 9.75. The third-order valence-electron chi connectivity index (χ3n) is 3.59. The maximum Gasteiger partial charge on any atom is 0.0422 e. The Labute approximate surface area is 106 Å². The summed E-state index contributed by atoms with van der Waals surface area (Å²) in [6.45, 7) is 2.32. The molecule has 2 nitrogen and oxygen atoms in total. The molecule has 1 heterocycles. The van der Waals surface area contributed by atoms with Crippen LogP contribution in [-0.2, 0) is 6.42 Å². The number of nitrogens with zero attached hydrogens (tertiary/aromatic N) is 1. The van der Waals surface area contributed by atoms with Crippen molar-refractivity contribution in [3.05, 3.63) is 28.5 Å². The number of halogens is 1. The van der Waals surface area contributed by atoms with Crippen LogP contribution in [0.3, 0.4) is 0 Å². The molecule has 0 spiro atoms. The van der Waals surface area contributed by atoms with Crippen molar-refractivity contribution in [3.63, 3.8) is 0 Å². The van der Waals surface area contributed by atoms with E-state index >= 15 is 0 Å². The second kappa shape index (κ2) is 4.84. The van der Waals surface area contributed by atoms with Crippen LogP contribution >= 0.6 is 15.9 Å². The molecule has 0 saturated heterocycles.